The smallest absolute Gasteiger partial charge is 0.325 e. The predicted molar refractivity (Wildman–Crippen MR) is 184 cm³/mol. The number of sulfonamides is 1. The third-order valence-electron chi connectivity index (χ3n) is 9.09. The lowest BCUT2D eigenvalue weighted by atomic mass is 10.0. The first kappa shape index (κ1) is 36.3. The number of rotatable bonds is 4. The van der Waals surface area contributed by atoms with Crippen molar-refractivity contribution >= 4 is 44.8 Å². The summed E-state index contributed by atoms with van der Waals surface area (Å²) in [5.41, 5.74) is 7.79. The minimum atomic E-state index is -3.61. The van der Waals surface area contributed by atoms with E-state index in [-0.39, 0.29) is 37.2 Å². The molecule has 2 aromatic rings. The highest BCUT2D eigenvalue weighted by Crippen LogP contribution is 2.31. The number of nitroso groups, excluding NO2 is 1. The lowest BCUT2D eigenvalue weighted by molar-refractivity contribution is -0.611. The summed E-state index contributed by atoms with van der Waals surface area (Å²) in [6.45, 7) is 7.09. The Morgan fingerprint density at radius 2 is 1.80 bits per heavy atom. The molecule has 5 rings (SSSR count). The average molecular weight is 699 g/mol. The fraction of sp³-hybridized carbons (Fsp3) is 0.588. The monoisotopic (exact) mass is 698 g/mol. The van der Waals surface area contributed by atoms with Gasteiger partial charge in [0.15, 0.2) is 6.04 Å². The van der Waals surface area contributed by atoms with Gasteiger partial charge in [-0.2, -0.15) is 4.31 Å². The average Bonchev–Trinajstić information content (AvgIpc) is 3.88. The van der Waals surface area contributed by atoms with Crippen molar-refractivity contribution in [2.75, 3.05) is 31.9 Å². The molecule has 15 heteroatoms. The Morgan fingerprint density at radius 3 is 2.53 bits per heavy atom. The van der Waals surface area contributed by atoms with Gasteiger partial charge in [-0.15, -0.1) is 5.43 Å². The molecule has 0 spiro atoms. The standard InChI is InChI=1S/C34H47N7O7S/c1-22(2)31-32(42)35-23(3)33(43)40-17-7-9-29(37-40)34(44)48-24(4)28-15-14-27-13-12-25(20-30(27)36-28)8-5-6-16-39(18-19-41(45)38-31)49(46,47)21-26-10-11-26/h5,8,12-15,20,22-24,26,29,31,37H,6-7,9-11,16-19,21H2,1-4H3,(H-,35,38,42,45)/p+1. The third-order valence-corrected chi connectivity index (χ3v) is 11.1. The molecule has 3 N–H and O–H groups in total. The molecule has 2 aliphatic heterocycles. The Morgan fingerprint density at radius 1 is 1.04 bits per heavy atom. The fourth-order valence-corrected chi connectivity index (χ4v) is 7.84. The Hall–Kier alpha value is -3.95. The number of hydrogen-bond acceptors (Lipinski definition) is 9. The summed E-state index contributed by atoms with van der Waals surface area (Å²) >= 11 is 0. The van der Waals surface area contributed by atoms with Crippen LogP contribution in [0.1, 0.15) is 77.2 Å². The number of hydrazine groups is 2. The lowest BCUT2D eigenvalue weighted by Gasteiger charge is -2.34. The minimum Gasteiger partial charge on any atom is -0.455 e. The Labute approximate surface area is 287 Å². The van der Waals surface area contributed by atoms with Crippen molar-refractivity contribution in [1.82, 2.24) is 30.5 Å². The van der Waals surface area contributed by atoms with Crippen molar-refractivity contribution in [2.24, 2.45) is 11.8 Å². The number of cyclic esters (lactones) is 1. The molecule has 1 aromatic heterocycles. The molecule has 4 unspecified atom stereocenters. The third kappa shape index (κ3) is 9.61. The second kappa shape index (κ2) is 15.7. The van der Waals surface area contributed by atoms with Gasteiger partial charge < -0.3 is 10.1 Å². The minimum absolute atomic E-state index is 0.0466. The number of ether oxygens (including phenoxy) is 1. The fourth-order valence-electron chi connectivity index (χ4n) is 5.96. The number of carbonyl (C=O) groups excluding carboxylic acids is 3. The molecule has 1 saturated heterocycles. The number of aromatic nitrogens is 1. The van der Waals surface area contributed by atoms with Crippen molar-refractivity contribution in [3.8, 4) is 0 Å². The van der Waals surface area contributed by atoms with Gasteiger partial charge >= 0.3 is 5.97 Å². The second-order valence-corrected chi connectivity index (χ2v) is 15.6. The van der Waals surface area contributed by atoms with Gasteiger partial charge in [-0.3, -0.25) is 19.4 Å². The van der Waals surface area contributed by atoms with E-state index in [0.29, 0.717) is 41.9 Å². The van der Waals surface area contributed by atoms with E-state index < -0.39 is 52.0 Å². The van der Waals surface area contributed by atoms with Crippen molar-refractivity contribution in [3.63, 3.8) is 0 Å². The number of fused-ring (bicyclic) bond motifs is 4. The molecule has 1 aliphatic carbocycles. The number of pyridine rings is 1. The Kier molecular flexibility index (Phi) is 11.7. The maximum atomic E-state index is 13.4. The zero-order chi connectivity index (χ0) is 35.3. The number of amides is 2. The van der Waals surface area contributed by atoms with Gasteiger partial charge in [0, 0.05) is 18.5 Å². The van der Waals surface area contributed by atoms with Gasteiger partial charge in [-0.1, -0.05) is 44.2 Å². The first-order valence-electron chi connectivity index (χ1n) is 17.1. The normalized spacial score (nSPS) is 25.9. The first-order chi connectivity index (χ1) is 23.3. The molecule has 1 saturated carbocycles. The zero-order valence-corrected chi connectivity index (χ0v) is 29.4. The van der Waals surface area contributed by atoms with E-state index in [1.54, 1.807) is 27.7 Å². The summed E-state index contributed by atoms with van der Waals surface area (Å²) in [4.78, 5) is 58.1. The Balaban J connectivity index is 1.40. The van der Waals surface area contributed by atoms with Gasteiger partial charge in [0.25, 0.3) is 5.91 Å². The molecule has 5 bridgehead atoms. The quantitative estimate of drug-likeness (QED) is 0.319. The van der Waals surface area contributed by atoms with Gasteiger partial charge in [0.1, 0.15) is 23.1 Å². The number of benzene rings is 1. The Bertz CT molecular complexity index is 1690. The van der Waals surface area contributed by atoms with Gasteiger partial charge in [-0.25, -0.2) is 18.8 Å². The number of esters is 1. The van der Waals surface area contributed by atoms with Gasteiger partial charge in [0.05, 0.1) is 28.4 Å². The topological polar surface area (TPSA) is 170 Å². The molecule has 14 nitrogen and oxygen atoms in total. The predicted octanol–water partition coefficient (Wildman–Crippen LogP) is 2.61. The van der Waals surface area contributed by atoms with E-state index in [1.165, 1.54) is 9.31 Å². The van der Waals surface area contributed by atoms with E-state index in [0.717, 1.165) is 23.8 Å². The van der Waals surface area contributed by atoms with Crippen LogP contribution >= 0.6 is 0 Å². The number of hydrogen-bond donors (Lipinski definition) is 3. The first-order valence-corrected chi connectivity index (χ1v) is 18.8. The summed E-state index contributed by atoms with van der Waals surface area (Å²) in [5.74, 6) is -1.66. The van der Waals surface area contributed by atoms with E-state index in [4.69, 9.17) is 9.72 Å². The lowest BCUT2D eigenvalue weighted by Crippen LogP contribution is -2.61. The van der Waals surface area contributed by atoms with Crippen molar-refractivity contribution in [2.45, 2.75) is 84.0 Å². The highest BCUT2D eigenvalue weighted by atomic mass is 32.2. The molecule has 0 radical (unpaired) electrons. The molecular formula is C34H48N7O7S+. The van der Waals surface area contributed by atoms with Crippen LogP contribution in [0.2, 0.25) is 0 Å². The van der Waals surface area contributed by atoms with Crippen LogP contribution < -0.4 is 16.2 Å². The number of carbonyl (C=O) groups is 3. The highest BCUT2D eigenvalue weighted by molar-refractivity contribution is 7.89. The van der Waals surface area contributed by atoms with Crippen LogP contribution in [0, 0.1) is 16.7 Å². The van der Waals surface area contributed by atoms with Crippen molar-refractivity contribution in [1.29, 1.82) is 0 Å². The summed E-state index contributed by atoms with van der Waals surface area (Å²) < 4.78 is 33.8. The maximum absolute atomic E-state index is 13.4. The zero-order valence-electron chi connectivity index (χ0n) is 28.6. The van der Waals surface area contributed by atoms with Crippen LogP contribution in [0.4, 0.5) is 0 Å². The highest BCUT2D eigenvalue weighted by Gasteiger charge is 2.36. The van der Waals surface area contributed by atoms with Crippen molar-refractivity contribution < 1.29 is 32.4 Å². The molecule has 2 fully saturated rings. The molecule has 4 atom stereocenters. The van der Waals surface area contributed by atoms with E-state index in [9.17, 15) is 27.7 Å². The summed E-state index contributed by atoms with van der Waals surface area (Å²) in [6.07, 6.45) is 6.34. The molecule has 1 aromatic carbocycles. The second-order valence-electron chi connectivity index (χ2n) is 13.6. The molecule has 3 aliphatic rings. The maximum Gasteiger partial charge on any atom is 0.325 e. The van der Waals surface area contributed by atoms with Crippen LogP contribution in [0.3, 0.4) is 0 Å². The molecule has 2 amide bonds. The van der Waals surface area contributed by atoms with E-state index >= 15 is 0 Å². The SMILES string of the molecule is CC1NC(=O)C(C(C)C)N[N+](=O)CCN(S(=O)(=O)CC2CC2)CCC=Cc2ccc3ccc(nc3c2)C(C)OC(=O)C2CCCN(N2)C1=O. The van der Waals surface area contributed by atoms with Crippen LogP contribution in [-0.4, -0.2) is 95.4 Å². The van der Waals surface area contributed by atoms with Crippen LogP contribution in [0.15, 0.2) is 36.4 Å². The van der Waals surface area contributed by atoms with Crippen LogP contribution in [-0.2, 0) is 29.1 Å². The summed E-state index contributed by atoms with van der Waals surface area (Å²) in [6, 6.07) is 6.83. The molecule has 49 heavy (non-hydrogen) atoms. The molecule has 266 valence electrons. The number of nitrogens with zero attached hydrogens (tertiary/aromatic N) is 4. The van der Waals surface area contributed by atoms with Crippen molar-refractivity contribution in [3.05, 3.63) is 52.6 Å². The van der Waals surface area contributed by atoms with Crippen LogP contribution in [0.25, 0.3) is 17.0 Å². The molecular weight excluding hydrogens is 650 g/mol. The van der Waals surface area contributed by atoms with Crippen LogP contribution in [0.5, 0.6) is 0 Å². The summed E-state index contributed by atoms with van der Waals surface area (Å²) in [7, 11) is -3.61. The van der Waals surface area contributed by atoms with E-state index in [2.05, 4.69) is 16.2 Å². The van der Waals surface area contributed by atoms with E-state index in [1.807, 2.05) is 42.5 Å². The molecule has 3 heterocycles. The summed E-state index contributed by atoms with van der Waals surface area (Å²) in [5, 5.41) is 4.93. The van der Waals surface area contributed by atoms with Gasteiger partial charge in [-0.05, 0) is 75.5 Å². The number of nitrogens with one attached hydrogen (secondary N) is 3. The van der Waals surface area contributed by atoms with Gasteiger partial charge in [0.2, 0.25) is 22.5 Å². The largest absolute Gasteiger partial charge is 0.455 e.